The molecule has 1 amide bonds. The second-order valence-corrected chi connectivity index (χ2v) is 7.85. The lowest BCUT2D eigenvalue weighted by molar-refractivity contribution is 0.0512. The van der Waals surface area contributed by atoms with Gasteiger partial charge in [-0.05, 0) is 32.9 Å². The Morgan fingerprint density at radius 2 is 1.93 bits per heavy atom. The number of piperidine rings is 1. The maximum Gasteiger partial charge on any atom is 0.263 e. The van der Waals surface area contributed by atoms with Gasteiger partial charge in [0.1, 0.15) is 4.88 Å². The molecule has 2 aromatic rings. The third-order valence-electron chi connectivity index (χ3n) is 4.73. The number of nitrogens with one attached hydrogen (secondary N) is 2. The van der Waals surface area contributed by atoms with Crippen LogP contribution in [-0.2, 0) is 4.74 Å². The summed E-state index contributed by atoms with van der Waals surface area (Å²) < 4.78 is 5.43. The number of ether oxygens (including phenoxy) is 1. The first kappa shape index (κ1) is 23.9. The lowest BCUT2D eigenvalue weighted by Crippen LogP contribution is -2.47. The molecule has 3 rings (SSSR count). The van der Waals surface area contributed by atoms with E-state index in [4.69, 9.17) is 4.74 Å². The number of benzene rings is 1. The van der Waals surface area contributed by atoms with Crippen molar-refractivity contribution in [3.05, 3.63) is 40.2 Å². The fraction of sp³-hybridized carbons (Fsp3) is 0.474. The summed E-state index contributed by atoms with van der Waals surface area (Å²) in [5.41, 5.74) is 1.76. The molecule has 1 aromatic heterocycles. The number of hydrogen-bond donors (Lipinski definition) is 2. The Hall–Kier alpha value is -1.18. The molecule has 1 aromatic carbocycles. The molecule has 150 valence electrons. The number of carbonyl (C=O) groups is 1. The Morgan fingerprint density at radius 1 is 1.26 bits per heavy atom. The molecule has 0 aliphatic carbocycles. The average molecular weight is 432 g/mol. The summed E-state index contributed by atoms with van der Waals surface area (Å²) in [4.78, 5) is 18.1. The van der Waals surface area contributed by atoms with E-state index in [1.807, 2.05) is 37.3 Å². The molecule has 0 radical (unpaired) electrons. The number of thiazole rings is 1. The van der Waals surface area contributed by atoms with Crippen molar-refractivity contribution in [2.24, 2.45) is 5.41 Å². The largest absolute Gasteiger partial charge is 0.384 e. The predicted octanol–water partition coefficient (Wildman–Crippen LogP) is 3.71. The van der Waals surface area contributed by atoms with Crippen LogP contribution < -0.4 is 10.6 Å². The first-order chi connectivity index (χ1) is 12.1. The summed E-state index contributed by atoms with van der Waals surface area (Å²) in [6.45, 7) is 5.17. The van der Waals surface area contributed by atoms with Gasteiger partial charge in [-0.3, -0.25) is 4.79 Å². The number of amides is 1. The summed E-state index contributed by atoms with van der Waals surface area (Å²) in [5, 5.41) is 7.42. The standard InChI is InChI=1S/C19H25N3O2S.2ClH/c1-14-22-16(15-6-4-3-5-7-15)17(25-14)18(23)21-12-19(13-24-2)8-10-20-11-9-19;;/h3-7,20H,8-13H2,1-2H3,(H,21,23);2*1H. The minimum Gasteiger partial charge on any atom is -0.384 e. The molecule has 1 saturated heterocycles. The molecule has 0 bridgehead atoms. The van der Waals surface area contributed by atoms with Gasteiger partial charge < -0.3 is 15.4 Å². The van der Waals surface area contributed by atoms with Gasteiger partial charge in [0, 0.05) is 24.6 Å². The number of rotatable bonds is 6. The van der Waals surface area contributed by atoms with Gasteiger partial charge in [0.2, 0.25) is 0 Å². The minimum absolute atomic E-state index is 0. The Morgan fingerprint density at radius 3 is 2.56 bits per heavy atom. The first-order valence-electron chi connectivity index (χ1n) is 8.64. The average Bonchev–Trinajstić information content (AvgIpc) is 3.03. The number of carbonyl (C=O) groups excluding carboxylic acids is 1. The molecule has 1 fully saturated rings. The fourth-order valence-corrected chi connectivity index (χ4v) is 4.21. The molecule has 0 unspecified atom stereocenters. The van der Waals surface area contributed by atoms with Crippen molar-refractivity contribution < 1.29 is 9.53 Å². The Balaban J connectivity index is 0.00000182. The minimum atomic E-state index is -0.0431. The van der Waals surface area contributed by atoms with Gasteiger partial charge in [0.05, 0.1) is 17.3 Å². The third-order valence-corrected chi connectivity index (χ3v) is 5.70. The van der Waals surface area contributed by atoms with Crippen molar-refractivity contribution in [3.63, 3.8) is 0 Å². The van der Waals surface area contributed by atoms with Gasteiger partial charge in [-0.2, -0.15) is 0 Å². The molecule has 5 nitrogen and oxygen atoms in total. The normalized spacial score (nSPS) is 15.3. The van der Waals surface area contributed by atoms with Crippen molar-refractivity contribution in [2.75, 3.05) is 33.4 Å². The van der Waals surface area contributed by atoms with E-state index in [0.717, 1.165) is 42.2 Å². The number of nitrogens with zero attached hydrogens (tertiary/aromatic N) is 1. The molecule has 0 atom stereocenters. The molecular formula is C19H27Cl2N3O2S. The van der Waals surface area contributed by atoms with Gasteiger partial charge in [-0.1, -0.05) is 30.3 Å². The van der Waals surface area contributed by atoms with E-state index in [2.05, 4.69) is 15.6 Å². The summed E-state index contributed by atoms with van der Waals surface area (Å²) >= 11 is 1.45. The van der Waals surface area contributed by atoms with E-state index in [1.54, 1.807) is 7.11 Å². The van der Waals surface area contributed by atoms with E-state index in [1.165, 1.54) is 11.3 Å². The predicted molar refractivity (Wildman–Crippen MR) is 116 cm³/mol. The molecular weight excluding hydrogens is 405 g/mol. The van der Waals surface area contributed by atoms with E-state index in [0.29, 0.717) is 18.0 Å². The van der Waals surface area contributed by atoms with Crippen LogP contribution in [0.1, 0.15) is 27.5 Å². The fourth-order valence-electron chi connectivity index (χ4n) is 3.36. The lowest BCUT2D eigenvalue weighted by Gasteiger charge is -2.37. The zero-order chi connectivity index (χ0) is 17.7. The number of aryl methyl sites for hydroxylation is 1. The van der Waals surface area contributed by atoms with Crippen LogP contribution in [0.25, 0.3) is 11.3 Å². The quantitative estimate of drug-likeness (QED) is 0.731. The van der Waals surface area contributed by atoms with E-state index < -0.39 is 0 Å². The molecule has 2 N–H and O–H groups in total. The number of hydrogen-bond acceptors (Lipinski definition) is 5. The van der Waals surface area contributed by atoms with Crippen LogP contribution in [0.15, 0.2) is 30.3 Å². The highest BCUT2D eigenvalue weighted by Crippen LogP contribution is 2.30. The Kier molecular flexibility index (Phi) is 9.70. The molecule has 2 heterocycles. The molecule has 0 spiro atoms. The van der Waals surface area contributed by atoms with Gasteiger partial charge in [0.15, 0.2) is 0 Å². The number of halogens is 2. The van der Waals surface area contributed by atoms with Crippen LogP contribution in [0.3, 0.4) is 0 Å². The number of methoxy groups -OCH3 is 1. The smallest absolute Gasteiger partial charge is 0.263 e. The third kappa shape index (κ3) is 5.90. The van der Waals surface area contributed by atoms with E-state index in [9.17, 15) is 4.79 Å². The van der Waals surface area contributed by atoms with Crippen molar-refractivity contribution in [1.29, 1.82) is 0 Å². The second-order valence-electron chi connectivity index (χ2n) is 6.64. The highest BCUT2D eigenvalue weighted by molar-refractivity contribution is 7.14. The Labute approximate surface area is 177 Å². The summed E-state index contributed by atoms with van der Waals surface area (Å²) in [6, 6.07) is 9.88. The topological polar surface area (TPSA) is 63.2 Å². The second kappa shape index (κ2) is 11.0. The van der Waals surface area contributed by atoms with E-state index >= 15 is 0 Å². The zero-order valence-electron chi connectivity index (χ0n) is 15.6. The van der Waals surface area contributed by atoms with Crippen LogP contribution in [-0.4, -0.2) is 44.2 Å². The Bertz CT molecular complexity index is 713. The van der Waals surface area contributed by atoms with Crippen LogP contribution in [0.2, 0.25) is 0 Å². The van der Waals surface area contributed by atoms with Gasteiger partial charge in [-0.15, -0.1) is 36.2 Å². The van der Waals surface area contributed by atoms with Gasteiger partial charge in [-0.25, -0.2) is 4.98 Å². The highest BCUT2D eigenvalue weighted by atomic mass is 35.5. The van der Waals surface area contributed by atoms with Crippen LogP contribution in [0, 0.1) is 12.3 Å². The molecule has 0 saturated carbocycles. The monoisotopic (exact) mass is 431 g/mol. The SMILES string of the molecule is COCC1(CNC(=O)c2sc(C)nc2-c2ccccc2)CCNCC1.Cl.Cl. The number of aromatic nitrogens is 1. The van der Waals surface area contributed by atoms with Crippen molar-refractivity contribution in [3.8, 4) is 11.3 Å². The molecule has 27 heavy (non-hydrogen) atoms. The molecule has 8 heteroatoms. The highest BCUT2D eigenvalue weighted by Gasteiger charge is 2.33. The van der Waals surface area contributed by atoms with Crippen LogP contribution >= 0.6 is 36.2 Å². The zero-order valence-corrected chi connectivity index (χ0v) is 18.1. The summed E-state index contributed by atoms with van der Waals surface area (Å²) in [5.74, 6) is -0.0431. The molecule has 1 aliphatic rings. The van der Waals surface area contributed by atoms with Gasteiger partial charge in [0.25, 0.3) is 5.91 Å². The van der Waals surface area contributed by atoms with E-state index in [-0.39, 0.29) is 36.1 Å². The van der Waals surface area contributed by atoms with Crippen molar-refractivity contribution >= 4 is 42.1 Å². The summed E-state index contributed by atoms with van der Waals surface area (Å²) in [6.07, 6.45) is 2.02. The first-order valence-corrected chi connectivity index (χ1v) is 9.46. The van der Waals surface area contributed by atoms with Crippen LogP contribution in [0.5, 0.6) is 0 Å². The van der Waals surface area contributed by atoms with Crippen LogP contribution in [0.4, 0.5) is 0 Å². The van der Waals surface area contributed by atoms with Gasteiger partial charge >= 0.3 is 0 Å². The summed E-state index contributed by atoms with van der Waals surface area (Å²) in [7, 11) is 1.73. The maximum atomic E-state index is 12.8. The van der Waals surface area contributed by atoms with Crippen molar-refractivity contribution in [1.82, 2.24) is 15.6 Å². The van der Waals surface area contributed by atoms with Crippen molar-refractivity contribution in [2.45, 2.75) is 19.8 Å². The lowest BCUT2D eigenvalue weighted by atomic mass is 9.79. The molecule has 1 aliphatic heterocycles. The maximum absolute atomic E-state index is 12.8.